The Morgan fingerprint density at radius 1 is 0.281 bits per heavy atom. The number of nitrogens with zero attached hydrogens (tertiary/aromatic N) is 3. The molecule has 0 amide bonds. The van der Waals surface area contributed by atoms with E-state index in [1.807, 2.05) is 30.3 Å². The Kier molecular flexibility index (Phi) is 8.15. The van der Waals surface area contributed by atoms with Crippen LogP contribution < -0.4 is 0 Å². The average Bonchev–Trinajstić information content (AvgIpc) is 3.93. The summed E-state index contributed by atoms with van der Waals surface area (Å²) in [5.74, 6) is 1.71. The summed E-state index contributed by atoms with van der Waals surface area (Å²) >= 11 is 0. The quantitative estimate of drug-likeness (QED) is 0.167. The van der Waals surface area contributed by atoms with E-state index in [9.17, 15) is 0 Å². The first-order chi connectivity index (χ1) is 31.7. The van der Waals surface area contributed by atoms with Crippen molar-refractivity contribution in [3.63, 3.8) is 0 Å². The summed E-state index contributed by atoms with van der Waals surface area (Å²) in [7, 11) is 0. The summed E-state index contributed by atoms with van der Waals surface area (Å²) in [4.78, 5) is 15.5. The molecule has 0 bridgehead atoms. The molecule has 10 aromatic carbocycles. The van der Waals surface area contributed by atoms with E-state index in [1.165, 1.54) is 10.9 Å². The molecule has 5 nitrogen and oxygen atoms in total. The van der Waals surface area contributed by atoms with E-state index >= 15 is 0 Å². The maximum atomic E-state index is 6.65. The number of rotatable bonds is 6. The van der Waals surface area contributed by atoms with Crippen LogP contribution in [0, 0.1) is 0 Å². The van der Waals surface area contributed by atoms with Crippen molar-refractivity contribution in [1.29, 1.82) is 0 Å². The third kappa shape index (κ3) is 5.98. The molecule has 0 aliphatic carbocycles. The monoisotopic (exact) mass is 817 g/mol. The highest BCUT2D eigenvalue weighted by atomic mass is 16.3. The predicted molar refractivity (Wildman–Crippen MR) is 262 cm³/mol. The van der Waals surface area contributed by atoms with E-state index in [1.54, 1.807) is 0 Å². The first-order valence-corrected chi connectivity index (χ1v) is 21.5. The van der Waals surface area contributed by atoms with E-state index < -0.39 is 0 Å². The number of fused-ring (bicyclic) bond motifs is 8. The van der Waals surface area contributed by atoms with Crippen molar-refractivity contribution in [3.8, 4) is 67.5 Å². The van der Waals surface area contributed by atoms with Gasteiger partial charge >= 0.3 is 0 Å². The number of para-hydroxylation sites is 2. The second-order valence-corrected chi connectivity index (χ2v) is 16.3. The third-order valence-electron chi connectivity index (χ3n) is 12.5. The minimum absolute atomic E-state index is 0.546. The normalized spacial score (nSPS) is 11.8. The van der Waals surface area contributed by atoms with Gasteiger partial charge in [0.05, 0.1) is 5.56 Å². The van der Waals surface area contributed by atoms with Crippen LogP contribution >= 0.6 is 0 Å². The lowest BCUT2D eigenvalue weighted by Crippen LogP contribution is -2.00. The zero-order chi connectivity index (χ0) is 42.1. The summed E-state index contributed by atoms with van der Waals surface area (Å²) in [6.45, 7) is 0. The van der Waals surface area contributed by atoms with Crippen molar-refractivity contribution in [3.05, 3.63) is 212 Å². The van der Waals surface area contributed by atoms with Crippen LogP contribution in [0.3, 0.4) is 0 Å². The SMILES string of the molecule is c1ccc(-c2cccc(-c3ccc4oc5cc6ccccc6cc5c4c3-c3ccc(-c4nc(-c5ccc6ccccc6c5)nc(-c5cccc6c5oc5ccccc56)n4)cc3)c2)cc1. The molecule has 0 aliphatic heterocycles. The molecule has 5 heteroatoms. The van der Waals surface area contributed by atoms with Gasteiger partial charge in [-0.3, -0.25) is 0 Å². The molecule has 0 saturated heterocycles. The Labute approximate surface area is 367 Å². The summed E-state index contributed by atoms with van der Waals surface area (Å²) in [5, 5.41) is 8.82. The fraction of sp³-hybridized carbons (Fsp3) is 0. The Morgan fingerprint density at radius 3 is 1.75 bits per heavy atom. The van der Waals surface area contributed by atoms with Gasteiger partial charge in [0.1, 0.15) is 22.3 Å². The van der Waals surface area contributed by atoms with Crippen molar-refractivity contribution in [2.24, 2.45) is 0 Å². The summed E-state index contributed by atoms with van der Waals surface area (Å²) in [6.07, 6.45) is 0. The lowest BCUT2D eigenvalue weighted by atomic mass is 9.89. The maximum Gasteiger partial charge on any atom is 0.167 e. The van der Waals surface area contributed by atoms with Gasteiger partial charge < -0.3 is 8.83 Å². The molecule has 0 N–H and O–H groups in total. The second kappa shape index (κ2) is 14.5. The molecule has 13 aromatic rings. The van der Waals surface area contributed by atoms with Crippen LogP contribution in [0.4, 0.5) is 0 Å². The average molecular weight is 818 g/mol. The van der Waals surface area contributed by atoms with Crippen LogP contribution in [0.1, 0.15) is 0 Å². The van der Waals surface area contributed by atoms with Crippen molar-refractivity contribution in [2.75, 3.05) is 0 Å². The highest BCUT2D eigenvalue weighted by molar-refractivity contribution is 6.18. The summed E-state index contributed by atoms with van der Waals surface area (Å²) in [5.41, 5.74) is 12.6. The van der Waals surface area contributed by atoms with Gasteiger partial charge in [-0.25, -0.2) is 15.0 Å². The van der Waals surface area contributed by atoms with Gasteiger partial charge in [-0.05, 0) is 91.8 Å². The molecule has 0 spiro atoms. The number of benzene rings is 10. The molecular formula is C59H35N3O2. The summed E-state index contributed by atoms with van der Waals surface area (Å²) < 4.78 is 13.2. The minimum Gasteiger partial charge on any atom is -0.456 e. The molecule has 0 atom stereocenters. The van der Waals surface area contributed by atoms with E-state index in [0.717, 1.165) is 105 Å². The van der Waals surface area contributed by atoms with Gasteiger partial charge in [0.2, 0.25) is 0 Å². The number of aromatic nitrogens is 3. The summed E-state index contributed by atoms with van der Waals surface area (Å²) in [6, 6.07) is 74.2. The molecule has 0 fully saturated rings. The fourth-order valence-electron chi connectivity index (χ4n) is 9.38. The predicted octanol–water partition coefficient (Wildman–Crippen LogP) is 16.0. The zero-order valence-electron chi connectivity index (χ0n) is 34.4. The Hall–Kier alpha value is -8.67. The fourth-order valence-corrected chi connectivity index (χ4v) is 9.38. The van der Waals surface area contributed by atoms with Crippen LogP contribution in [0.15, 0.2) is 221 Å². The van der Waals surface area contributed by atoms with Crippen LogP contribution in [-0.4, -0.2) is 15.0 Å². The van der Waals surface area contributed by atoms with Gasteiger partial charge in [-0.15, -0.1) is 0 Å². The smallest absolute Gasteiger partial charge is 0.167 e. The van der Waals surface area contributed by atoms with Gasteiger partial charge in [0.25, 0.3) is 0 Å². The van der Waals surface area contributed by atoms with Gasteiger partial charge in [-0.2, -0.15) is 0 Å². The van der Waals surface area contributed by atoms with E-state index in [0.29, 0.717) is 17.5 Å². The first-order valence-electron chi connectivity index (χ1n) is 21.5. The Morgan fingerprint density at radius 2 is 0.906 bits per heavy atom. The van der Waals surface area contributed by atoms with E-state index in [2.05, 4.69) is 182 Å². The lowest BCUT2D eigenvalue weighted by Gasteiger charge is -2.14. The highest BCUT2D eigenvalue weighted by Gasteiger charge is 2.21. The van der Waals surface area contributed by atoms with Crippen LogP contribution in [0.25, 0.3) is 133 Å². The Balaban J connectivity index is 1.01. The topological polar surface area (TPSA) is 65.0 Å². The molecule has 13 rings (SSSR count). The maximum absolute atomic E-state index is 6.65. The molecular weight excluding hydrogens is 783 g/mol. The molecule has 64 heavy (non-hydrogen) atoms. The number of hydrogen-bond donors (Lipinski definition) is 0. The van der Waals surface area contributed by atoms with Crippen molar-refractivity contribution in [1.82, 2.24) is 15.0 Å². The molecule has 3 heterocycles. The van der Waals surface area contributed by atoms with Crippen LogP contribution in [0.5, 0.6) is 0 Å². The van der Waals surface area contributed by atoms with Crippen LogP contribution in [-0.2, 0) is 0 Å². The molecule has 0 unspecified atom stereocenters. The standard InChI is InChI=1S/C59H35N3O2/c1-2-12-36(13-3-1)41-18-10-19-44(32-41)46-30-31-52-55(50-34-42-16-6-7-17-43(42)35-53(50)63-52)54(46)38-25-27-39(28-26-38)57-60-58(45-29-24-37-14-4-5-15-40(37)33-45)62-59(61-57)49-22-11-21-48-47-20-8-9-23-51(47)64-56(48)49/h1-35H. The number of furan rings is 2. The van der Waals surface area contributed by atoms with Crippen LogP contribution in [0.2, 0.25) is 0 Å². The molecule has 0 saturated carbocycles. The zero-order valence-corrected chi connectivity index (χ0v) is 34.4. The lowest BCUT2D eigenvalue weighted by molar-refractivity contribution is 0.669. The second-order valence-electron chi connectivity index (χ2n) is 16.3. The van der Waals surface area contributed by atoms with E-state index in [4.69, 9.17) is 23.8 Å². The molecule has 298 valence electrons. The first kappa shape index (κ1) is 36.0. The molecule has 0 aliphatic rings. The number of hydrogen-bond acceptors (Lipinski definition) is 5. The van der Waals surface area contributed by atoms with E-state index in [-0.39, 0.29) is 0 Å². The molecule has 0 radical (unpaired) electrons. The molecule has 3 aromatic heterocycles. The Bertz CT molecular complexity index is 3960. The van der Waals surface area contributed by atoms with Gasteiger partial charge in [-0.1, -0.05) is 170 Å². The van der Waals surface area contributed by atoms with Crippen molar-refractivity contribution < 1.29 is 8.83 Å². The van der Waals surface area contributed by atoms with Gasteiger partial charge in [0.15, 0.2) is 17.5 Å². The largest absolute Gasteiger partial charge is 0.456 e. The third-order valence-corrected chi connectivity index (χ3v) is 12.5. The van der Waals surface area contributed by atoms with Crippen molar-refractivity contribution in [2.45, 2.75) is 0 Å². The highest BCUT2D eigenvalue weighted by Crippen LogP contribution is 2.45. The van der Waals surface area contributed by atoms with Crippen molar-refractivity contribution >= 4 is 65.4 Å². The van der Waals surface area contributed by atoms with Gasteiger partial charge in [0, 0.05) is 38.2 Å². The minimum atomic E-state index is 0.546.